The smallest absolute Gasteiger partial charge is 0.344 e. The Morgan fingerprint density at radius 1 is 0.935 bits per heavy atom. The van der Waals surface area contributed by atoms with Crippen molar-refractivity contribution >= 4 is 22.6 Å². The van der Waals surface area contributed by atoms with Crippen LogP contribution < -0.4 is 16.3 Å². The van der Waals surface area contributed by atoms with E-state index >= 15 is 0 Å². The van der Waals surface area contributed by atoms with Crippen LogP contribution in [0.15, 0.2) is 94.1 Å². The zero-order valence-corrected chi connectivity index (χ0v) is 17.3. The van der Waals surface area contributed by atoms with Crippen LogP contribution in [-0.4, -0.2) is 18.5 Å². The van der Waals surface area contributed by atoms with Crippen LogP contribution >= 0.6 is 0 Å². The normalized spacial score (nSPS) is 11.8. The Bertz CT molecular complexity index is 1250. The van der Waals surface area contributed by atoms with Crippen LogP contribution in [0.3, 0.4) is 0 Å². The van der Waals surface area contributed by atoms with Gasteiger partial charge < -0.3 is 15.1 Å². The minimum atomic E-state index is -0.365. The van der Waals surface area contributed by atoms with E-state index in [1.54, 1.807) is 6.07 Å². The fourth-order valence-electron chi connectivity index (χ4n) is 3.66. The third-order valence-electron chi connectivity index (χ3n) is 5.10. The number of para-hydroxylation sites is 1. The summed E-state index contributed by atoms with van der Waals surface area (Å²) in [7, 11) is 0. The van der Waals surface area contributed by atoms with Gasteiger partial charge in [-0.05, 0) is 41.8 Å². The molecule has 0 radical (unpaired) electrons. The topological polar surface area (TPSA) is 71.3 Å². The average Bonchev–Trinajstić information content (AvgIpc) is 2.77. The van der Waals surface area contributed by atoms with Gasteiger partial charge in [-0.25, -0.2) is 4.79 Å². The largest absolute Gasteiger partial charge is 0.422 e. The molecule has 0 fully saturated rings. The molecule has 0 saturated heterocycles. The molecule has 0 aliphatic carbocycles. The molecule has 31 heavy (non-hydrogen) atoms. The van der Waals surface area contributed by atoms with Gasteiger partial charge in [0, 0.05) is 24.5 Å². The van der Waals surface area contributed by atoms with Crippen molar-refractivity contribution in [2.24, 2.45) is 0 Å². The van der Waals surface area contributed by atoms with Gasteiger partial charge in [-0.2, -0.15) is 0 Å². The molecule has 1 atom stereocenters. The molecule has 0 saturated carbocycles. The molecule has 0 aliphatic heterocycles. The maximum Gasteiger partial charge on any atom is 0.344 e. The monoisotopic (exact) mass is 412 g/mol. The van der Waals surface area contributed by atoms with Gasteiger partial charge in [0.1, 0.15) is 5.58 Å². The summed E-state index contributed by atoms with van der Waals surface area (Å²) in [6.07, 6.45) is 0.724. The molecule has 1 aromatic heterocycles. The lowest BCUT2D eigenvalue weighted by molar-refractivity contribution is -0.119. The van der Waals surface area contributed by atoms with Gasteiger partial charge in [0.05, 0.1) is 11.6 Å². The second-order valence-corrected chi connectivity index (χ2v) is 7.53. The van der Waals surface area contributed by atoms with Crippen LogP contribution in [0, 0.1) is 0 Å². The highest BCUT2D eigenvalue weighted by molar-refractivity contribution is 5.82. The molecular weight excluding hydrogens is 388 g/mol. The lowest BCUT2D eigenvalue weighted by atomic mass is 10.0. The summed E-state index contributed by atoms with van der Waals surface area (Å²) in [4.78, 5) is 24.2. The fourth-order valence-corrected chi connectivity index (χ4v) is 3.66. The van der Waals surface area contributed by atoms with E-state index in [0.29, 0.717) is 17.7 Å². The minimum absolute atomic E-state index is 0.0608. The molecule has 1 heterocycles. The van der Waals surface area contributed by atoms with Crippen molar-refractivity contribution in [3.63, 3.8) is 0 Å². The Morgan fingerprint density at radius 2 is 1.71 bits per heavy atom. The number of carbonyl (C=O) groups excluding carboxylic acids is 1. The van der Waals surface area contributed by atoms with Crippen molar-refractivity contribution in [1.82, 2.24) is 5.32 Å². The first kappa shape index (κ1) is 20.4. The summed E-state index contributed by atoms with van der Waals surface area (Å²) < 4.78 is 5.47. The number of fused-ring (bicyclic) bond motifs is 1. The molecule has 0 unspecified atom stereocenters. The predicted molar refractivity (Wildman–Crippen MR) is 124 cm³/mol. The number of hydrogen-bond acceptors (Lipinski definition) is 4. The van der Waals surface area contributed by atoms with Crippen molar-refractivity contribution in [3.8, 4) is 11.1 Å². The van der Waals surface area contributed by atoms with Gasteiger partial charge in [0.2, 0.25) is 5.91 Å². The highest BCUT2D eigenvalue weighted by atomic mass is 16.4. The highest BCUT2D eigenvalue weighted by Crippen LogP contribution is 2.23. The van der Waals surface area contributed by atoms with Gasteiger partial charge in [-0.15, -0.1) is 0 Å². The van der Waals surface area contributed by atoms with Crippen molar-refractivity contribution in [1.29, 1.82) is 0 Å². The standard InChI is InChI=1S/C26H24N2O3/c1-18(29)28-23(14-19-8-3-2-4-9-19)17-27-22-12-7-11-20(15-22)24-16-21-10-5-6-13-25(21)31-26(24)30/h2-13,15-16,23,27H,14,17H2,1H3,(H,28,29)/t23-/m0/s1. The Kier molecular flexibility index (Phi) is 6.13. The van der Waals surface area contributed by atoms with Gasteiger partial charge >= 0.3 is 5.63 Å². The van der Waals surface area contributed by atoms with E-state index in [4.69, 9.17) is 4.42 Å². The molecule has 5 heteroatoms. The summed E-state index contributed by atoms with van der Waals surface area (Å²) in [5.41, 5.74) is 3.54. The van der Waals surface area contributed by atoms with Crippen LogP contribution in [-0.2, 0) is 11.2 Å². The molecule has 4 rings (SSSR count). The van der Waals surface area contributed by atoms with E-state index in [9.17, 15) is 9.59 Å². The van der Waals surface area contributed by atoms with Crippen LogP contribution in [0.5, 0.6) is 0 Å². The maximum absolute atomic E-state index is 12.5. The van der Waals surface area contributed by atoms with Gasteiger partial charge in [0.25, 0.3) is 0 Å². The second kappa shape index (κ2) is 9.30. The molecule has 0 bridgehead atoms. The summed E-state index contributed by atoms with van der Waals surface area (Å²) >= 11 is 0. The number of amides is 1. The molecule has 0 aliphatic rings. The maximum atomic E-state index is 12.5. The number of benzene rings is 3. The van der Waals surface area contributed by atoms with Crippen molar-refractivity contribution in [3.05, 3.63) is 101 Å². The van der Waals surface area contributed by atoms with E-state index in [2.05, 4.69) is 22.8 Å². The number of anilines is 1. The quantitative estimate of drug-likeness (QED) is 0.435. The molecular formula is C26H24N2O3. The average molecular weight is 412 g/mol. The summed E-state index contributed by atoms with van der Waals surface area (Å²) in [6.45, 7) is 2.09. The third kappa shape index (κ3) is 5.20. The van der Waals surface area contributed by atoms with Gasteiger partial charge in [0.15, 0.2) is 0 Å². The summed E-state index contributed by atoms with van der Waals surface area (Å²) in [6, 6.07) is 27.0. The predicted octanol–water partition coefficient (Wildman–Crippen LogP) is 4.62. The van der Waals surface area contributed by atoms with Gasteiger partial charge in [-0.1, -0.05) is 60.7 Å². The van der Waals surface area contributed by atoms with Crippen LogP contribution in [0.4, 0.5) is 5.69 Å². The van der Waals surface area contributed by atoms with Crippen molar-refractivity contribution in [2.75, 3.05) is 11.9 Å². The van der Waals surface area contributed by atoms with Gasteiger partial charge in [-0.3, -0.25) is 4.79 Å². The van der Waals surface area contributed by atoms with E-state index in [-0.39, 0.29) is 17.6 Å². The van der Waals surface area contributed by atoms with Crippen LogP contribution in [0.1, 0.15) is 12.5 Å². The van der Waals surface area contributed by atoms with Crippen LogP contribution in [0.2, 0.25) is 0 Å². The first-order valence-electron chi connectivity index (χ1n) is 10.3. The lowest BCUT2D eigenvalue weighted by Gasteiger charge is -2.19. The van der Waals surface area contributed by atoms with Crippen LogP contribution in [0.25, 0.3) is 22.1 Å². The number of nitrogens with one attached hydrogen (secondary N) is 2. The molecule has 156 valence electrons. The van der Waals surface area contributed by atoms with Crippen molar-refractivity contribution in [2.45, 2.75) is 19.4 Å². The van der Waals surface area contributed by atoms with E-state index < -0.39 is 0 Å². The zero-order valence-electron chi connectivity index (χ0n) is 17.3. The number of rotatable bonds is 7. The fraction of sp³-hybridized carbons (Fsp3) is 0.154. The molecule has 2 N–H and O–H groups in total. The molecule has 3 aromatic carbocycles. The van der Waals surface area contributed by atoms with E-state index in [0.717, 1.165) is 28.6 Å². The SMILES string of the molecule is CC(=O)N[C@H](CNc1cccc(-c2cc3ccccc3oc2=O)c1)Cc1ccccc1. The number of hydrogen-bond donors (Lipinski definition) is 2. The lowest BCUT2D eigenvalue weighted by Crippen LogP contribution is -2.40. The Labute approximate surface area is 180 Å². The molecule has 4 aromatic rings. The minimum Gasteiger partial charge on any atom is -0.422 e. The Morgan fingerprint density at radius 3 is 2.52 bits per heavy atom. The van der Waals surface area contributed by atoms with Crippen molar-refractivity contribution < 1.29 is 9.21 Å². The van der Waals surface area contributed by atoms with E-state index in [1.165, 1.54) is 6.92 Å². The zero-order chi connectivity index (χ0) is 21.6. The first-order valence-corrected chi connectivity index (χ1v) is 10.3. The summed E-state index contributed by atoms with van der Waals surface area (Å²) in [5.74, 6) is -0.0646. The summed E-state index contributed by atoms with van der Waals surface area (Å²) in [5, 5.41) is 7.28. The third-order valence-corrected chi connectivity index (χ3v) is 5.10. The Hall–Kier alpha value is -3.86. The molecule has 1 amide bonds. The molecule has 5 nitrogen and oxygen atoms in total. The second-order valence-electron chi connectivity index (χ2n) is 7.53. The highest BCUT2D eigenvalue weighted by Gasteiger charge is 2.12. The first-order chi connectivity index (χ1) is 15.1. The molecule has 0 spiro atoms. The Balaban J connectivity index is 1.53. The number of carbonyl (C=O) groups is 1. The van der Waals surface area contributed by atoms with E-state index in [1.807, 2.05) is 66.7 Å².